The van der Waals surface area contributed by atoms with E-state index in [4.69, 9.17) is 10.5 Å². The van der Waals surface area contributed by atoms with E-state index >= 15 is 0 Å². The van der Waals surface area contributed by atoms with Crippen LogP contribution in [0.15, 0.2) is 18.3 Å². The Kier molecular flexibility index (Phi) is 7.13. The van der Waals surface area contributed by atoms with Crippen molar-refractivity contribution in [3.8, 4) is 0 Å². The van der Waals surface area contributed by atoms with Crippen molar-refractivity contribution in [3.05, 3.63) is 29.6 Å². The van der Waals surface area contributed by atoms with Gasteiger partial charge in [-0.25, -0.2) is 8.78 Å². The van der Waals surface area contributed by atoms with E-state index in [2.05, 4.69) is 23.7 Å². The molecular weight excluding hydrogens is 388 g/mol. The highest BCUT2D eigenvalue weighted by Gasteiger charge is 2.49. The number of hydrogen-bond acceptors (Lipinski definition) is 4. The molecule has 2 N–H and O–H groups in total. The first-order chi connectivity index (χ1) is 14.2. The monoisotopic (exact) mass is 423 g/mol. The van der Waals surface area contributed by atoms with Crippen LogP contribution in [0.3, 0.4) is 0 Å². The second-order valence-electron chi connectivity index (χ2n) is 8.99. The maximum atomic E-state index is 13.7. The Labute approximate surface area is 178 Å². The molecule has 3 atom stereocenters. The van der Waals surface area contributed by atoms with Gasteiger partial charge in [-0.2, -0.15) is 0 Å². The lowest BCUT2D eigenvalue weighted by Crippen LogP contribution is -2.52. The molecular formula is C23H35F2N3O2. The van der Waals surface area contributed by atoms with Crippen LogP contribution in [-0.4, -0.2) is 48.0 Å². The smallest absolute Gasteiger partial charge is 0.267 e. The predicted octanol–water partition coefficient (Wildman–Crippen LogP) is 4.36. The second kappa shape index (κ2) is 9.27. The molecule has 0 radical (unpaired) electrons. The largest absolute Gasteiger partial charge is 0.373 e. The molecule has 2 aliphatic rings. The summed E-state index contributed by atoms with van der Waals surface area (Å²) in [7, 11) is 1.73. The molecule has 5 nitrogen and oxygen atoms in total. The molecule has 0 spiro atoms. The second-order valence-corrected chi connectivity index (χ2v) is 8.99. The minimum absolute atomic E-state index is 0.0308. The predicted molar refractivity (Wildman–Crippen MR) is 112 cm³/mol. The van der Waals surface area contributed by atoms with Gasteiger partial charge in [-0.1, -0.05) is 20.3 Å². The zero-order valence-corrected chi connectivity index (χ0v) is 18.4. The van der Waals surface area contributed by atoms with Crippen molar-refractivity contribution in [1.82, 2.24) is 9.88 Å². The first-order valence-corrected chi connectivity index (χ1v) is 11.2. The number of methoxy groups -OCH3 is 1. The van der Waals surface area contributed by atoms with Gasteiger partial charge in [0.25, 0.3) is 5.91 Å². The Balaban J connectivity index is 1.89. The van der Waals surface area contributed by atoms with Gasteiger partial charge in [-0.3, -0.25) is 9.78 Å². The molecule has 2 saturated carbocycles. The highest BCUT2D eigenvalue weighted by atomic mass is 19.3. The number of carbonyl (C=O) groups is 1. The third kappa shape index (κ3) is 4.52. The number of pyridine rings is 1. The lowest BCUT2D eigenvalue weighted by Gasteiger charge is -2.50. The molecule has 0 aromatic carbocycles. The normalized spacial score (nSPS) is 29.8. The third-order valence-corrected chi connectivity index (χ3v) is 7.39. The van der Waals surface area contributed by atoms with Crippen LogP contribution in [0.5, 0.6) is 0 Å². The zero-order valence-electron chi connectivity index (χ0n) is 18.4. The van der Waals surface area contributed by atoms with Gasteiger partial charge in [0.05, 0.1) is 5.60 Å². The van der Waals surface area contributed by atoms with E-state index in [-0.39, 0.29) is 36.4 Å². The van der Waals surface area contributed by atoms with Gasteiger partial charge in [0.2, 0.25) is 5.92 Å². The summed E-state index contributed by atoms with van der Waals surface area (Å²) >= 11 is 0. The molecule has 3 rings (SSSR count). The van der Waals surface area contributed by atoms with Crippen molar-refractivity contribution >= 4 is 5.91 Å². The van der Waals surface area contributed by atoms with Crippen molar-refractivity contribution in [2.45, 2.75) is 76.4 Å². The molecule has 1 amide bonds. The quantitative estimate of drug-likeness (QED) is 0.708. The molecule has 2 aliphatic carbocycles. The number of nitrogens with zero attached hydrogens (tertiary/aromatic N) is 2. The number of primary amides is 1. The van der Waals surface area contributed by atoms with Crippen LogP contribution in [0.1, 0.15) is 74.8 Å². The molecule has 3 unspecified atom stereocenters. The van der Waals surface area contributed by atoms with Gasteiger partial charge < -0.3 is 15.4 Å². The Hall–Kier alpha value is -1.60. The van der Waals surface area contributed by atoms with Gasteiger partial charge in [0.1, 0.15) is 5.69 Å². The van der Waals surface area contributed by atoms with E-state index in [1.807, 2.05) is 6.07 Å². The molecule has 0 saturated heterocycles. The SMILES string of the molecule is CCN(CC1CCCC(C)C1(OC)c1ccnc(C(N)=O)c1)C1CCC(F)(F)CC1. The van der Waals surface area contributed by atoms with E-state index in [0.717, 1.165) is 37.9 Å². The van der Waals surface area contributed by atoms with Crippen LogP contribution in [-0.2, 0) is 10.3 Å². The number of ether oxygens (including phenoxy) is 1. The number of halogens is 2. The lowest BCUT2D eigenvalue weighted by atomic mass is 9.65. The van der Waals surface area contributed by atoms with E-state index in [0.29, 0.717) is 12.8 Å². The molecule has 2 fully saturated rings. The van der Waals surface area contributed by atoms with Gasteiger partial charge in [0.15, 0.2) is 0 Å². The fourth-order valence-corrected chi connectivity index (χ4v) is 5.75. The van der Waals surface area contributed by atoms with Crippen LogP contribution in [0.2, 0.25) is 0 Å². The Bertz CT molecular complexity index is 735. The summed E-state index contributed by atoms with van der Waals surface area (Å²) in [6.45, 7) is 5.91. The minimum atomic E-state index is -2.52. The van der Waals surface area contributed by atoms with E-state index < -0.39 is 17.4 Å². The van der Waals surface area contributed by atoms with Crippen LogP contribution >= 0.6 is 0 Å². The van der Waals surface area contributed by atoms with Crippen LogP contribution in [0.4, 0.5) is 8.78 Å². The summed E-state index contributed by atoms with van der Waals surface area (Å²) < 4.78 is 33.6. The van der Waals surface area contributed by atoms with Gasteiger partial charge in [-0.05, 0) is 55.8 Å². The van der Waals surface area contributed by atoms with Crippen LogP contribution in [0.25, 0.3) is 0 Å². The molecule has 1 aromatic heterocycles. The number of rotatable bonds is 7. The summed E-state index contributed by atoms with van der Waals surface area (Å²) in [5.41, 5.74) is 6.08. The maximum Gasteiger partial charge on any atom is 0.267 e. The third-order valence-electron chi connectivity index (χ3n) is 7.39. The first-order valence-electron chi connectivity index (χ1n) is 11.2. The maximum absolute atomic E-state index is 13.7. The average molecular weight is 424 g/mol. The number of hydrogen-bond donors (Lipinski definition) is 1. The van der Waals surface area contributed by atoms with Gasteiger partial charge in [-0.15, -0.1) is 0 Å². The number of nitrogens with two attached hydrogens (primary N) is 1. The van der Waals surface area contributed by atoms with Gasteiger partial charge in [0, 0.05) is 44.7 Å². The number of amides is 1. The van der Waals surface area contributed by atoms with E-state index in [1.54, 1.807) is 19.4 Å². The summed E-state index contributed by atoms with van der Waals surface area (Å²) in [6, 6.07) is 3.86. The number of carbonyl (C=O) groups excluding carboxylic acids is 1. The fraction of sp³-hybridized carbons (Fsp3) is 0.739. The Morgan fingerprint density at radius 1 is 1.30 bits per heavy atom. The van der Waals surface area contributed by atoms with Crippen molar-refractivity contribution in [1.29, 1.82) is 0 Å². The van der Waals surface area contributed by atoms with E-state index in [1.165, 1.54) is 0 Å². The molecule has 0 bridgehead atoms. The summed E-state index contributed by atoms with van der Waals surface area (Å²) in [6.07, 6.45) is 5.74. The zero-order chi connectivity index (χ0) is 21.9. The molecule has 0 aliphatic heterocycles. The highest BCUT2D eigenvalue weighted by Crippen LogP contribution is 2.49. The summed E-state index contributed by atoms with van der Waals surface area (Å²) in [4.78, 5) is 18.2. The van der Waals surface area contributed by atoms with Crippen LogP contribution < -0.4 is 5.73 Å². The Morgan fingerprint density at radius 3 is 2.60 bits per heavy atom. The van der Waals surface area contributed by atoms with E-state index in [9.17, 15) is 13.6 Å². The van der Waals surface area contributed by atoms with Crippen LogP contribution in [0, 0.1) is 11.8 Å². The highest BCUT2D eigenvalue weighted by molar-refractivity contribution is 5.90. The first kappa shape index (κ1) is 23.1. The summed E-state index contributed by atoms with van der Waals surface area (Å²) in [5.74, 6) is -2.63. The summed E-state index contributed by atoms with van der Waals surface area (Å²) in [5, 5.41) is 0. The van der Waals surface area contributed by atoms with Crippen molar-refractivity contribution in [2.24, 2.45) is 17.6 Å². The van der Waals surface area contributed by atoms with Crippen molar-refractivity contribution in [2.75, 3.05) is 20.2 Å². The lowest BCUT2D eigenvalue weighted by molar-refractivity contribution is -0.137. The molecule has 168 valence electrons. The number of alkyl halides is 2. The van der Waals surface area contributed by atoms with Crippen molar-refractivity contribution < 1.29 is 18.3 Å². The molecule has 30 heavy (non-hydrogen) atoms. The van der Waals surface area contributed by atoms with Crippen molar-refractivity contribution in [3.63, 3.8) is 0 Å². The molecule has 1 heterocycles. The number of aromatic nitrogens is 1. The fourth-order valence-electron chi connectivity index (χ4n) is 5.75. The average Bonchev–Trinajstić information content (AvgIpc) is 2.73. The topological polar surface area (TPSA) is 68.4 Å². The Morgan fingerprint density at radius 2 is 2.00 bits per heavy atom. The minimum Gasteiger partial charge on any atom is -0.373 e. The van der Waals surface area contributed by atoms with Gasteiger partial charge >= 0.3 is 0 Å². The standard InChI is InChI=1S/C23H35F2N3O2/c1-4-28(19-8-11-22(24,25)12-9-19)15-18-7-5-6-16(2)23(18,30-3)17-10-13-27-20(14-17)21(26)29/h10,13-14,16,18-19H,4-9,11-12,15H2,1-3H3,(H2,26,29). The molecule has 1 aromatic rings. The molecule has 7 heteroatoms.